The third-order valence-corrected chi connectivity index (χ3v) is 4.60. The number of ether oxygens (including phenoxy) is 2. The zero-order valence-electron chi connectivity index (χ0n) is 14.4. The van der Waals surface area contributed by atoms with E-state index in [0.717, 1.165) is 11.8 Å². The maximum absolute atomic E-state index is 11.9. The van der Waals surface area contributed by atoms with E-state index < -0.39 is 28.3 Å². The Morgan fingerprint density at radius 3 is 2.38 bits per heavy atom. The molecule has 0 aromatic heterocycles. The van der Waals surface area contributed by atoms with Gasteiger partial charge in [-0.2, -0.15) is 0 Å². The highest BCUT2D eigenvalue weighted by atomic mass is 32.2. The van der Waals surface area contributed by atoms with Gasteiger partial charge in [-0.15, -0.1) is 0 Å². The summed E-state index contributed by atoms with van der Waals surface area (Å²) < 4.78 is 32.8. The van der Waals surface area contributed by atoms with Crippen LogP contribution in [-0.4, -0.2) is 40.3 Å². The van der Waals surface area contributed by atoms with E-state index in [-0.39, 0.29) is 17.0 Å². The van der Waals surface area contributed by atoms with Crippen LogP contribution in [0.2, 0.25) is 0 Å². The van der Waals surface area contributed by atoms with Crippen molar-refractivity contribution in [1.29, 1.82) is 0 Å². The molecule has 26 heavy (non-hydrogen) atoms. The molecule has 0 fully saturated rings. The Labute approximate surface area is 151 Å². The lowest BCUT2D eigenvalue weighted by atomic mass is 10.2. The minimum Gasteiger partial charge on any atom is -0.497 e. The molecular formula is C18H19NO6S. The van der Waals surface area contributed by atoms with Gasteiger partial charge in [-0.1, -0.05) is 12.1 Å². The summed E-state index contributed by atoms with van der Waals surface area (Å²) in [4.78, 5) is 23.8. The Kier molecular flexibility index (Phi) is 6.35. The van der Waals surface area contributed by atoms with Gasteiger partial charge in [0, 0.05) is 12.8 Å². The topological polar surface area (TPSA) is 98.8 Å². The van der Waals surface area contributed by atoms with E-state index in [1.165, 1.54) is 24.3 Å². The average Bonchev–Trinajstić information content (AvgIpc) is 2.64. The van der Waals surface area contributed by atoms with Gasteiger partial charge in [-0.3, -0.25) is 4.79 Å². The van der Waals surface area contributed by atoms with Crippen LogP contribution in [0, 0.1) is 0 Å². The number of carbonyl (C=O) groups is 2. The minimum absolute atomic E-state index is 0.102. The molecule has 0 radical (unpaired) electrons. The average molecular weight is 377 g/mol. The molecule has 1 amide bonds. The van der Waals surface area contributed by atoms with Crippen LogP contribution < -0.4 is 10.1 Å². The van der Waals surface area contributed by atoms with E-state index in [0.29, 0.717) is 5.75 Å². The molecule has 138 valence electrons. The van der Waals surface area contributed by atoms with Crippen molar-refractivity contribution in [3.05, 3.63) is 59.7 Å². The monoisotopic (exact) mass is 377 g/mol. The lowest BCUT2D eigenvalue weighted by Gasteiger charge is -2.08. The molecule has 0 atom stereocenters. The second kappa shape index (κ2) is 8.48. The summed E-state index contributed by atoms with van der Waals surface area (Å²) in [6.07, 6.45) is 1.08. The summed E-state index contributed by atoms with van der Waals surface area (Å²) in [5.41, 5.74) is 1.01. The first-order valence-corrected chi connectivity index (χ1v) is 9.55. The van der Waals surface area contributed by atoms with Crippen LogP contribution in [0.25, 0.3) is 0 Å². The van der Waals surface area contributed by atoms with Gasteiger partial charge in [0.25, 0.3) is 5.91 Å². The molecule has 0 aliphatic rings. The number of carbonyl (C=O) groups excluding carboxylic acids is 2. The van der Waals surface area contributed by atoms with E-state index in [1.54, 1.807) is 25.3 Å². The molecule has 7 nitrogen and oxygen atoms in total. The number of hydrogen-bond acceptors (Lipinski definition) is 6. The van der Waals surface area contributed by atoms with Crippen LogP contribution in [0.4, 0.5) is 0 Å². The highest BCUT2D eigenvalue weighted by molar-refractivity contribution is 7.90. The number of methoxy groups -OCH3 is 1. The number of benzene rings is 2. The van der Waals surface area contributed by atoms with E-state index in [2.05, 4.69) is 5.32 Å². The number of hydrogen-bond donors (Lipinski definition) is 1. The predicted molar refractivity (Wildman–Crippen MR) is 94.7 cm³/mol. The van der Waals surface area contributed by atoms with Crippen LogP contribution in [0.15, 0.2) is 53.4 Å². The molecule has 0 saturated heterocycles. The number of amides is 1. The summed E-state index contributed by atoms with van der Waals surface area (Å²) in [7, 11) is -1.78. The van der Waals surface area contributed by atoms with Crippen molar-refractivity contribution in [2.45, 2.75) is 11.4 Å². The Hall–Kier alpha value is -2.87. The van der Waals surface area contributed by atoms with Gasteiger partial charge in [-0.25, -0.2) is 13.2 Å². The van der Waals surface area contributed by atoms with Gasteiger partial charge >= 0.3 is 5.97 Å². The van der Waals surface area contributed by atoms with Crippen molar-refractivity contribution in [3.8, 4) is 5.75 Å². The number of esters is 1. The van der Waals surface area contributed by atoms with Crippen molar-refractivity contribution in [2.24, 2.45) is 0 Å². The second-order valence-corrected chi connectivity index (χ2v) is 7.52. The largest absolute Gasteiger partial charge is 0.497 e. The van der Waals surface area contributed by atoms with E-state index in [4.69, 9.17) is 9.47 Å². The summed E-state index contributed by atoms with van der Waals surface area (Å²) in [5.74, 6) is -0.476. The van der Waals surface area contributed by atoms with E-state index in [9.17, 15) is 18.0 Å². The standard InChI is InChI=1S/C18H19NO6S/c1-24-15-5-3-4-13(10-15)11-19-17(20)12-25-18(21)14-6-8-16(9-7-14)26(2,22)23/h3-10H,11-12H2,1-2H3,(H,19,20). The fraction of sp³-hybridized carbons (Fsp3) is 0.222. The molecule has 0 aliphatic carbocycles. The van der Waals surface area contributed by atoms with Crippen LogP contribution >= 0.6 is 0 Å². The van der Waals surface area contributed by atoms with Gasteiger partial charge in [0.15, 0.2) is 16.4 Å². The number of rotatable bonds is 7. The lowest BCUT2D eigenvalue weighted by Crippen LogP contribution is -2.28. The third kappa shape index (κ3) is 5.59. The molecule has 1 N–H and O–H groups in total. The Morgan fingerprint density at radius 1 is 1.08 bits per heavy atom. The fourth-order valence-corrected chi connectivity index (χ4v) is 2.72. The van der Waals surface area contributed by atoms with Crippen LogP contribution in [0.1, 0.15) is 15.9 Å². The molecule has 0 spiro atoms. The first-order valence-electron chi connectivity index (χ1n) is 7.66. The predicted octanol–water partition coefficient (Wildman–Crippen LogP) is 1.57. The summed E-state index contributed by atoms with van der Waals surface area (Å²) >= 11 is 0. The van der Waals surface area contributed by atoms with Crippen molar-refractivity contribution in [3.63, 3.8) is 0 Å². The minimum atomic E-state index is -3.33. The Bertz CT molecular complexity index is 890. The first-order chi connectivity index (χ1) is 12.3. The Balaban J connectivity index is 1.83. The third-order valence-electron chi connectivity index (χ3n) is 3.48. The molecule has 0 unspecified atom stereocenters. The van der Waals surface area contributed by atoms with Crippen LogP contribution in [0.3, 0.4) is 0 Å². The van der Waals surface area contributed by atoms with Gasteiger partial charge < -0.3 is 14.8 Å². The zero-order valence-corrected chi connectivity index (χ0v) is 15.2. The van der Waals surface area contributed by atoms with Crippen molar-refractivity contribution >= 4 is 21.7 Å². The maximum atomic E-state index is 11.9. The second-order valence-electron chi connectivity index (χ2n) is 5.50. The highest BCUT2D eigenvalue weighted by Gasteiger charge is 2.12. The quantitative estimate of drug-likeness (QED) is 0.736. The molecule has 2 rings (SSSR count). The van der Waals surface area contributed by atoms with Crippen molar-refractivity contribution in [2.75, 3.05) is 20.0 Å². The molecule has 0 saturated carbocycles. The van der Waals surface area contributed by atoms with Crippen LogP contribution in [0.5, 0.6) is 5.75 Å². The van der Waals surface area contributed by atoms with E-state index in [1.807, 2.05) is 6.07 Å². The molecule has 2 aromatic rings. The molecule has 0 aliphatic heterocycles. The SMILES string of the molecule is COc1cccc(CNC(=O)COC(=O)c2ccc(S(C)(=O)=O)cc2)c1. The van der Waals surface area contributed by atoms with Gasteiger partial charge in [0.2, 0.25) is 0 Å². The van der Waals surface area contributed by atoms with E-state index >= 15 is 0 Å². The normalized spacial score (nSPS) is 10.8. The smallest absolute Gasteiger partial charge is 0.338 e. The number of sulfone groups is 1. The molecule has 2 aromatic carbocycles. The highest BCUT2D eigenvalue weighted by Crippen LogP contribution is 2.12. The van der Waals surface area contributed by atoms with Gasteiger partial charge in [0.05, 0.1) is 17.6 Å². The summed E-state index contributed by atoms with van der Waals surface area (Å²) in [6.45, 7) is -0.159. The number of nitrogens with one attached hydrogen (secondary N) is 1. The molecular weight excluding hydrogens is 358 g/mol. The van der Waals surface area contributed by atoms with Crippen molar-refractivity contribution < 1.29 is 27.5 Å². The fourth-order valence-electron chi connectivity index (χ4n) is 2.09. The van der Waals surface area contributed by atoms with Gasteiger partial charge in [0.1, 0.15) is 5.75 Å². The van der Waals surface area contributed by atoms with Gasteiger partial charge in [-0.05, 0) is 42.0 Å². The summed E-state index contributed by atoms with van der Waals surface area (Å²) in [6, 6.07) is 12.5. The first kappa shape index (κ1) is 19.5. The molecule has 0 heterocycles. The molecule has 0 bridgehead atoms. The Morgan fingerprint density at radius 2 is 1.77 bits per heavy atom. The zero-order chi connectivity index (χ0) is 19.2. The molecule has 8 heteroatoms. The van der Waals surface area contributed by atoms with Crippen LogP contribution in [-0.2, 0) is 25.9 Å². The lowest BCUT2D eigenvalue weighted by molar-refractivity contribution is -0.124. The maximum Gasteiger partial charge on any atom is 0.338 e. The van der Waals surface area contributed by atoms with Crippen molar-refractivity contribution in [1.82, 2.24) is 5.32 Å². The summed E-state index contributed by atoms with van der Waals surface area (Å²) in [5, 5.41) is 2.64.